The molecule has 70 valence electrons. The van der Waals surface area contributed by atoms with E-state index in [4.69, 9.17) is 5.73 Å². The Balaban J connectivity index is 0. The largest absolute Gasteiger partial charge is 0.323 e. The molecule has 0 bridgehead atoms. The first-order valence-electron chi connectivity index (χ1n) is 3.08. The summed E-state index contributed by atoms with van der Waals surface area (Å²) in [5, 5.41) is 0. The zero-order chi connectivity index (χ0) is 7.56. The molecule has 5 heteroatoms. The highest BCUT2D eigenvalue weighted by atomic mass is 35.5. The number of nitrogens with zero attached hydrogens (tertiary/aromatic N) is 1. The Kier molecular flexibility index (Phi) is 7.28. The lowest BCUT2D eigenvalue weighted by molar-refractivity contribution is 0.569. The fourth-order valence-corrected chi connectivity index (χ4v) is 0.678. The first-order valence-corrected chi connectivity index (χ1v) is 3.08. The van der Waals surface area contributed by atoms with Crippen LogP contribution in [0, 0.1) is 5.95 Å². The van der Waals surface area contributed by atoms with Crippen molar-refractivity contribution in [2.24, 2.45) is 5.73 Å². The van der Waals surface area contributed by atoms with Gasteiger partial charge in [-0.15, -0.1) is 24.8 Å². The highest BCUT2D eigenvalue weighted by Crippen LogP contribution is 2.05. The number of aromatic nitrogens is 1. The molecule has 2 N–H and O–H groups in total. The third-order valence-electron chi connectivity index (χ3n) is 1.20. The summed E-state index contributed by atoms with van der Waals surface area (Å²) < 4.78 is 12.4. The van der Waals surface area contributed by atoms with Crippen LogP contribution >= 0.6 is 24.8 Å². The molecule has 1 rings (SSSR count). The van der Waals surface area contributed by atoms with Crippen LogP contribution in [0.4, 0.5) is 4.39 Å². The van der Waals surface area contributed by atoms with Crippen LogP contribution in [-0.4, -0.2) is 4.98 Å². The Morgan fingerprint density at radius 1 is 1.42 bits per heavy atom. The number of pyridine rings is 1. The second-order valence-electron chi connectivity index (χ2n) is 2.17. The predicted molar refractivity (Wildman–Crippen MR) is 51.3 cm³/mol. The summed E-state index contributed by atoms with van der Waals surface area (Å²) in [6.07, 6.45) is 0. The number of nitrogens with two attached hydrogens (primary N) is 1. The van der Waals surface area contributed by atoms with Gasteiger partial charge < -0.3 is 5.73 Å². The van der Waals surface area contributed by atoms with Crippen LogP contribution in [0.3, 0.4) is 0 Å². The summed E-state index contributed by atoms with van der Waals surface area (Å²) in [6.45, 7) is 1.77. The van der Waals surface area contributed by atoms with Crippen LogP contribution in [-0.2, 0) is 0 Å². The lowest BCUT2D eigenvalue weighted by Crippen LogP contribution is -2.07. The van der Waals surface area contributed by atoms with Crippen LogP contribution in [0.1, 0.15) is 18.7 Å². The molecule has 1 atom stereocenters. The lowest BCUT2D eigenvalue weighted by Gasteiger charge is -2.01. The predicted octanol–water partition coefficient (Wildman–Crippen LogP) is 2.08. The Morgan fingerprint density at radius 2 is 2.00 bits per heavy atom. The molecule has 12 heavy (non-hydrogen) atoms. The summed E-state index contributed by atoms with van der Waals surface area (Å²) in [5.74, 6) is -0.477. The van der Waals surface area contributed by atoms with Gasteiger partial charge in [0, 0.05) is 6.04 Å². The number of rotatable bonds is 1. The molecular formula is C7H11Cl2FN2. The standard InChI is InChI=1S/C7H9FN2.2ClH/c1-5(9)6-3-2-4-7(8)10-6;;/h2-5H,9H2,1H3;2*1H/t5-;;/m0../s1. The monoisotopic (exact) mass is 212 g/mol. The normalized spacial score (nSPS) is 10.9. The molecule has 0 aliphatic carbocycles. The zero-order valence-electron chi connectivity index (χ0n) is 6.53. The Labute approximate surface area is 83.2 Å². The maximum atomic E-state index is 12.4. The second kappa shape index (κ2) is 6.17. The van der Waals surface area contributed by atoms with E-state index in [1.807, 2.05) is 0 Å². The molecule has 0 spiro atoms. The van der Waals surface area contributed by atoms with E-state index >= 15 is 0 Å². The van der Waals surface area contributed by atoms with E-state index < -0.39 is 5.95 Å². The van der Waals surface area contributed by atoms with Crippen LogP contribution in [0.25, 0.3) is 0 Å². The molecule has 1 aromatic rings. The topological polar surface area (TPSA) is 38.9 Å². The molecule has 0 saturated carbocycles. The minimum Gasteiger partial charge on any atom is -0.323 e. The molecule has 1 heterocycles. The third kappa shape index (κ3) is 3.85. The molecule has 0 aliphatic rings. The molecule has 0 saturated heterocycles. The van der Waals surface area contributed by atoms with Gasteiger partial charge in [0.1, 0.15) is 0 Å². The van der Waals surface area contributed by atoms with Gasteiger partial charge in [0.25, 0.3) is 0 Å². The highest BCUT2D eigenvalue weighted by Gasteiger charge is 1.99. The minimum absolute atomic E-state index is 0. The fraction of sp³-hybridized carbons (Fsp3) is 0.286. The van der Waals surface area contributed by atoms with Gasteiger partial charge in [-0.2, -0.15) is 4.39 Å². The van der Waals surface area contributed by atoms with Crippen molar-refractivity contribution in [3.63, 3.8) is 0 Å². The smallest absolute Gasteiger partial charge is 0.213 e. The zero-order valence-corrected chi connectivity index (χ0v) is 8.16. The van der Waals surface area contributed by atoms with Gasteiger partial charge >= 0.3 is 0 Å². The van der Waals surface area contributed by atoms with E-state index in [9.17, 15) is 4.39 Å². The molecule has 0 aromatic carbocycles. The molecule has 0 amide bonds. The minimum atomic E-state index is -0.477. The first-order chi connectivity index (χ1) is 4.70. The molecule has 0 fully saturated rings. The third-order valence-corrected chi connectivity index (χ3v) is 1.20. The number of hydrogen-bond acceptors (Lipinski definition) is 2. The average molecular weight is 213 g/mol. The summed E-state index contributed by atoms with van der Waals surface area (Å²) in [6, 6.07) is 4.40. The van der Waals surface area contributed by atoms with Crippen molar-refractivity contribution >= 4 is 24.8 Å². The lowest BCUT2D eigenvalue weighted by atomic mass is 10.2. The highest BCUT2D eigenvalue weighted by molar-refractivity contribution is 5.85. The molecule has 0 aliphatic heterocycles. The van der Waals surface area contributed by atoms with Crippen molar-refractivity contribution in [3.8, 4) is 0 Å². The SMILES string of the molecule is C[C@H](N)c1cccc(F)n1.Cl.Cl. The van der Waals surface area contributed by atoms with Gasteiger partial charge in [-0.1, -0.05) is 6.07 Å². The Hall–Kier alpha value is -0.380. The number of halogens is 3. The van der Waals surface area contributed by atoms with E-state index in [-0.39, 0.29) is 30.9 Å². The molecule has 0 radical (unpaired) electrons. The maximum Gasteiger partial charge on any atom is 0.213 e. The Morgan fingerprint density at radius 3 is 2.33 bits per heavy atom. The fourth-order valence-electron chi connectivity index (χ4n) is 0.678. The van der Waals surface area contributed by atoms with E-state index in [1.54, 1.807) is 19.1 Å². The van der Waals surface area contributed by atoms with E-state index in [1.165, 1.54) is 6.07 Å². The van der Waals surface area contributed by atoms with Crippen molar-refractivity contribution in [2.75, 3.05) is 0 Å². The molecule has 0 unspecified atom stereocenters. The first kappa shape index (κ1) is 14.2. The maximum absolute atomic E-state index is 12.4. The van der Waals surface area contributed by atoms with Crippen LogP contribution < -0.4 is 5.73 Å². The van der Waals surface area contributed by atoms with Gasteiger partial charge in [0.15, 0.2) is 0 Å². The molecule has 2 nitrogen and oxygen atoms in total. The van der Waals surface area contributed by atoms with Gasteiger partial charge in [-0.05, 0) is 19.1 Å². The summed E-state index contributed by atoms with van der Waals surface area (Å²) in [5.41, 5.74) is 6.04. The van der Waals surface area contributed by atoms with Crippen molar-refractivity contribution in [1.29, 1.82) is 0 Å². The summed E-state index contributed by atoms with van der Waals surface area (Å²) in [7, 11) is 0. The van der Waals surface area contributed by atoms with Crippen LogP contribution in [0.2, 0.25) is 0 Å². The van der Waals surface area contributed by atoms with Crippen molar-refractivity contribution in [2.45, 2.75) is 13.0 Å². The van der Waals surface area contributed by atoms with Gasteiger partial charge in [0.2, 0.25) is 5.95 Å². The quantitative estimate of drug-likeness (QED) is 0.725. The van der Waals surface area contributed by atoms with Crippen molar-refractivity contribution in [3.05, 3.63) is 29.8 Å². The average Bonchev–Trinajstić information content (AvgIpc) is 1.88. The van der Waals surface area contributed by atoms with Crippen molar-refractivity contribution < 1.29 is 4.39 Å². The van der Waals surface area contributed by atoms with Gasteiger partial charge in [-0.3, -0.25) is 0 Å². The van der Waals surface area contributed by atoms with E-state index in [0.717, 1.165) is 0 Å². The van der Waals surface area contributed by atoms with Crippen LogP contribution in [0.15, 0.2) is 18.2 Å². The number of hydrogen-bond donors (Lipinski definition) is 1. The molecular weight excluding hydrogens is 202 g/mol. The van der Waals surface area contributed by atoms with Gasteiger partial charge in [-0.25, -0.2) is 4.98 Å². The summed E-state index contributed by atoms with van der Waals surface area (Å²) >= 11 is 0. The van der Waals surface area contributed by atoms with E-state index in [2.05, 4.69) is 4.98 Å². The second-order valence-corrected chi connectivity index (χ2v) is 2.17. The van der Waals surface area contributed by atoms with E-state index in [0.29, 0.717) is 5.69 Å². The summed E-state index contributed by atoms with van der Waals surface area (Å²) in [4.78, 5) is 3.58. The Bertz CT molecular complexity index is 230. The molecule has 1 aromatic heterocycles. The van der Waals surface area contributed by atoms with Gasteiger partial charge in [0.05, 0.1) is 5.69 Å². The van der Waals surface area contributed by atoms with Crippen LogP contribution in [0.5, 0.6) is 0 Å². The van der Waals surface area contributed by atoms with Crippen molar-refractivity contribution in [1.82, 2.24) is 4.98 Å².